The lowest BCUT2D eigenvalue weighted by Crippen LogP contribution is -2.45. The van der Waals surface area contributed by atoms with Gasteiger partial charge >= 0.3 is 0 Å². The Kier molecular flexibility index (Phi) is 8.32. The average molecular weight is 406 g/mol. The summed E-state index contributed by atoms with van der Waals surface area (Å²) in [7, 11) is 3.62. The molecule has 0 saturated heterocycles. The summed E-state index contributed by atoms with van der Waals surface area (Å²) in [5.41, 5.74) is 1.30. The van der Waals surface area contributed by atoms with Gasteiger partial charge in [0.1, 0.15) is 0 Å². The number of methoxy groups -OCH3 is 1. The van der Waals surface area contributed by atoms with Crippen LogP contribution >= 0.6 is 0 Å². The maximum atomic E-state index is 13.1. The van der Waals surface area contributed by atoms with Gasteiger partial charge in [-0.1, -0.05) is 27.7 Å². The molecular weight excluding hydrogens is 366 g/mol. The monoisotopic (exact) mass is 405 g/mol. The number of aromatic nitrogens is 1. The number of ether oxygens (including phenoxy) is 1. The molecule has 0 bridgehead atoms. The van der Waals surface area contributed by atoms with Crippen LogP contribution in [0.15, 0.2) is 18.3 Å². The van der Waals surface area contributed by atoms with Crippen LogP contribution in [0.4, 0.5) is 0 Å². The van der Waals surface area contributed by atoms with Crippen molar-refractivity contribution in [2.45, 2.75) is 66.0 Å². The summed E-state index contributed by atoms with van der Waals surface area (Å²) in [6.45, 7) is 10.3. The Balaban J connectivity index is 2.01. The van der Waals surface area contributed by atoms with Crippen LogP contribution in [0.5, 0.6) is 0 Å². The van der Waals surface area contributed by atoms with Crippen molar-refractivity contribution in [3.05, 3.63) is 24.0 Å². The molecule has 1 atom stereocenters. The molecule has 2 rings (SSSR count). The normalized spacial score (nSPS) is 15.2. The van der Waals surface area contributed by atoms with Gasteiger partial charge in [-0.05, 0) is 42.7 Å². The standard InChI is InChI=1S/C23H39N3O3/c1-18(15-23(2,3)4)14-21(27)25(12-13-29-6)17-22(28)26(19-9-10-19)16-20-8-7-11-24(20)5/h7-8,11,18-19H,9-10,12-17H2,1-6H3. The molecule has 6 nitrogen and oxygen atoms in total. The van der Waals surface area contributed by atoms with Gasteiger partial charge in [0.25, 0.3) is 0 Å². The molecule has 0 aromatic carbocycles. The predicted octanol–water partition coefficient (Wildman–Crippen LogP) is 3.45. The van der Waals surface area contributed by atoms with Crippen molar-refractivity contribution in [2.24, 2.45) is 18.4 Å². The van der Waals surface area contributed by atoms with Crippen molar-refractivity contribution in [1.82, 2.24) is 14.4 Å². The third kappa shape index (κ3) is 7.84. The van der Waals surface area contributed by atoms with Gasteiger partial charge in [0.05, 0.1) is 19.7 Å². The van der Waals surface area contributed by atoms with E-state index in [9.17, 15) is 9.59 Å². The van der Waals surface area contributed by atoms with Crippen LogP contribution in [0.25, 0.3) is 0 Å². The second-order valence-corrected chi connectivity index (χ2v) is 9.75. The number of nitrogens with zero attached hydrogens (tertiary/aromatic N) is 3. The van der Waals surface area contributed by atoms with Gasteiger partial charge in [0, 0.05) is 45.1 Å². The third-order valence-electron chi connectivity index (χ3n) is 5.42. The maximum absolute atomic E-state index is 13.1. The summed E-state index contributed by atoms with van der Waals surface area (Å²) in [6.07, 6.45) is 5.54. The first kappa shape index (κ1) is 23.5. The molecule has 0 N–H and O–H groups in total. The largest absolute Gasteiger partial charge is 0.383 e. The smallest absolute Gasteiger partial charge is 0.242 e. The lowest BCUT2D eigenvalue weighted by Gasteiger charge is -2.29. The highest BCUT2D eigenvalue weighted by Gasteiger charge is 2.34. The van der Waals surface area contributed by atoms with Crippen molar-refractivity contribution < 1.29 is 14.3 Å². The molecule has 1 aliphatic rings. The molecule has 1 fully saturated rings. The summed E-state index contributed by atoms with van der Waals surface area (Å²) in [4.78, 5) is 29.7. The van der Waals surface area contributed by atoms with Crippen LogP contribution in [0.2, 0.25) is 0 Å². The minimum Gasteiger partial charge on any atom is -0.383 e. The fraction of sp³-hybridized carbons (Fsp3) is 0.739. The summed E-state index contributed by atoms with van der Waals surface area (Å²) in [6, 6.07) is 4.34. The highest BCUT2D eigenvalue weighted by molar-refractivity contribution is 5.85. The average Bonchev–Trinajstić information content (AvgIpc) is 3.36. The van der Waals surface area contributed by atoms with Gasteiger partial charge in [-0.25, -0.2) is 0 Å². The van der Waals surface area contributed by atoms with Gasteiger partial charge in [-0.15, -0.1) is 0 Å². The van der Waals surface area contributed by atoms with Crippen LogP contribution in [0.1, 0.15) is 59.1 Å². The topological polar surface area (TPSA) is 54.8 Å². The first-order valence-corrected chi connectivity index (χ1v) is 10.8. The molecule has 1 unspecified atom stereocenters. The highest BCUT2D eigenvalue weighted by Crippen LogP contribution is 2.29. The van der Waals surface area contributed by atoms with Crippen LogP contribution in [-0.4, -0.2) is 59.0 Å². The minimum absolute atomic E-state index is 0.0293. The maximum Gasteiger partial charge on any atom is 0.242 e. The molecule has 29 heavy (non-hydrogen) atoms. The molecule has 1 aromatic heterocycles. The van der Waals surface area contributed by atoms with E-state index in [4.69, 9.17) is 4.74 Å². The molecule has 6 heteroatoms. The number of hydrogen-bond acceptors (Lipinski definition) is 3. The zero-order chi connectivity index (χ0) is 21.6. The molecule has 1 heterocycles. The summed E-state index contributed by atoms with van der Waals surface area (Å²) >= 11 is 0. The first-order chi connectivity index (χ1) is 13.6. The van der Waals surface area contributed by atoms with E-state index in [1.165, 1.54) is 0 Å². The van der Waals surface area contributed by atoms with E-state index in [1.807, 2.05) is 34.8 Å². The van der Waals surface area contributed by atoms with Crippen molar-refractivity contribution >= 4 is 11.8 Å². The fourth-order valence-corrected chi connectivity index (χ4v) is 3.93. The van der Waals surface area contributed by atoms with E-state index < -0.39 is 0 Å². The van der Waals surface area contributed by atoms with E-state index in [2.05, 4.69) is 27.7 Å². The van der Waals surface area contributed by atoms with Gasteiger partial charge in [0.2, 0.25) is 11.8 Å². The molecule has 0 radical (unpaired) electrons. The fourth-order valence-electron chi connectivity index (χ4n) is 3.93. The number of amides is 2. The van der Waals surface area contributed by atoms with Crippen molar-refractivity contribution in [3.63, 3.8) is 0 Å². The number of aryl methyl sites for hydroxylation is 1. The van der Waals surface area contributed by atoms with Gasteiger partial charge < -0.3 is 19.1 Å². The molecule has 0 spiro atoms. The van der Waals surface area contributed by atoms with E-state index >= 15 is 0 Å². The highest BCUT2D eigenvalue weighted by atomic mass is 16.5. The van der Waals surface area contributed by atoms with Crippen molar-refractivity contribution in [1.29, 1.82) is 0 Å². The zero-order valence-electron chi connectivity index (χ0n) is 19.1. The summed E-state index contributed by atoms with van der Waals surface area (Å²) in [5, 5.41) is 0. The van der Waals surface area contributed by atoms with Crippen LogP contribution in [-0.2, 0) is 27.9 Å². The lowest BCUT2D eigenvalue weighted by atomic mass is 9.84. The lowest BCUT2D eigenvalue weighted by molar-refractivity contribution is -0.142. The van der Waals surface area contributed by atoms with Crippen LogP contribution < -0.4 is 0 Å². The second kappa shape index (κ2) is 10.3. The van der Waals surface area contributed by atoms with E-state index in [0.717, 1.165) is 25.0 Å². The first-order valence-electron chi connectivity index (χ1n) is 10.8. The Morgan fingerprint density at radius 3 is 2.48 bits per heavy atom. The quantitative estimate of drug-likeness (QED) is 0.567. The molecule has 2 amide bonds. The number of carbonyl (C=O) groups excluding carboxylic acids is 2. The van der Waals surface area contributed by atoms with E-state index in [1.54, 1.807) is 12.0 Å². The molecular formula is C23H39N3O3. The Hall–Kier alpha value is -1.82. The Morgan fingerprint density at radius 1 is 1.28 bits per heavy atom. The van der Waals surface area contributed by atoms with Crippen molar-refractivity contribution in [3.8, 4) is 0 Å². The zero-order valence-corrected chi connectivity index (χ0v) is 19.1. The van der Waals surface area contributed by atoms with Crippen molar-refractivity contribution in [2.75, 3.05) is 26.8 Å². The van der Waals surface area contributed by atoms with Gasteiger partial charge in [-0.2, -0.15) is 0 Å². The Morgan fingerprint density at radius 2 is 1.97 bits per heavy atom. The molecule has 1 aromatic rings. The SMILES string of the molecule is COCCN(CC(=O)N(Cc1cccn1C)C1CC1)C(=O)CC(C)CC(C)(C)C. The summed E-state index contributed by atoms with van der Waals surface area (Å²) in [5.74, 6) is 0.356. The Labute approximate surface area is 176 Å². The molecule has 1 saturated carbocycles. The predicted molar refractivity (Wildman–Crippen MR) is 115 cm³/mol. The van der Waals surface area contributed by atoms with E-state index in [-0.39, 0.29) is 29.7 Å². The molecule has 164 valence electrons. The van der Waals surface area contributed by atoms with Crippen LogP contribution in [0, 0.1) is 11.3 Å². The van der Waals surface area contributed by atoms with Crippen LogP contribution in [0.3, 0.4) is 0 Å². The number of carbonyl (C=O) groups is 2. The third-order valence-corrected chi connectivity index (χ3v) is 5.42. The summed E-state index contributed by atoms with van der Waals surface area (Å²) < 4.78 is 7.24. The minimum atomic E-state index is 0.0293. The Bertz CT molecular complexity index is 673. The second-order valence-electron chi connectivity index (χ2n) is 9.75. The van der Waals surface area contributed by atoms with E-state index in [0.29, 0.717) is 32.2 Å². The molecule has 1 aliphatic carbocycles. The molecule has 0 aliphatic heterocycles. The number of hydrogen-bond donors (Lipinski definition) is 0. The van der Waals surface area contributed by atoms with Gasteiger partial charge in [0.15, 0.2) is 0 Å². The number of rotatable bonds is 11. The van der Waals surface area contributed by atoms with Gasteiger partial charge in [-0.3, -0.25) is 9.59 Å².